The molecule has 4 rings (SSSR count). The second-order valence-corrected chi connectivity index (χ2v) is 10.7. The first-order valence-corrected chi connectivity index (χ1v) is 12.8. The van der Waals surface area contributed by atoms with Crippen molar-refractivity contribution in [3.8, 4) is 0 Å². The highest BCUT2D eigenvalue weighted by Crippen LogP contribution is 2.32. The molecule has 1 aromatic carbocycles. The third-order valence-corrected chi connectivity index (χ3v) is 6.82. The van der Waals surface area contributed by atoms with Crippen molar-refractivity contribution >= 4 is 23.2 Å². The minimum absolute atomic E-state index is 0.0103. The second-order valence-electron chi connectivity index (χ2n) is 10.7. The molecule has 37 heavy (non-hydrogen) atoms. The third-order valence-electron chi connectivity index (χ3n) is 6.82. The molecule has 1 saturated heterocycles. The van der Waals surface area contributed by atoms with Crippen molar-refractivity contribution in [2.24, 2.45) is 0 Å². The van der Waals surface area contributed by atoms with Crippen LogP contribution >= 0.6 is 0 Å². The highest BCUT2D eigenvalue weighted by atomic mass is 19.4. The highest BCUT2D eigenvalue weighted by molar-refractivity contribution is 6.06. The molecule has 1 aromatic heterocycles. The zero-order chi connectivity index (χ0) is 26.8. The van der Waals surface area contributed by atoms with Gasteiger partial charge in [-0.2, -0.15) is 13.2 Å². The average molecular weight is 518 g/mol. The number of fused-ring (bicyclic) bond motifs is 1. The van der Waals surface area contributed by atoms with Crippen LogP contribution in [0.5, 0.6) is 0 Å². The van der Waals surface area contributed by atoms with E-state index in [9.17, 15) is 22.8 Å². The van der Waals surface area contributed by atoms with Gasteiger partial charge in [0, 0.05) is 62.6 Å². The summed E-state index contributed by atoms with van der Waals surface area (Å²) in [7, 11) is 0. The van der Waals surface area contributed by atoms with E-state index in [1.807, 2.05) is 23.1 Å². The number of piperazine rings is 1. The van der Waals surface area contributed by atoms with Gasteiger partial charge in [0.25, 0.3) is 0 Å². The molecule has 2 aromatic rings. The number of amides is 1. The lowest BCUT2D eigenvalue weighted by Crippen LogP contribution is -2.47. The van der Waals surface area contributed by atoms with Gasteiger partial charge in [-0.3, -0.25) is 14.5 Å². The molecule has 0 N–H and O–H groups in total. The van der Waals surface area contributed by atoms with Crippen molar-refractivity contribution in [2.45, 2.75) is 58.0 Å². The van der Waals surface area contributed by atoms with Crippen molar-refractivity contribution in [3.63, 3.8) is 0 Å². The van der Waals surface area contributed by atoms with Gasteiger partial charge in [-0.25, -0.2) is 9.97 Å². The monoisotopic (exact) mass is 517 g/mol. The van der Waals surface area contributed by atoms with Crippen LogP contribution in [0.15, 0.2) is 30.3 Å². The van der Waals surface area contributed by atoms with Crippen LogP contribution < -0.4 is 9.80 Å². The zero-order valence-electron chi connectivity index (χ0n) is 21.6. The van der Waals surface area contributed by atoms with Crippen LogP contribution in [-0.2, 0) is 16.4 Å². The van der Waals surface area contributed by atoms with Crippen molar-refractivity contribution in [1.29, 1.82) is 0 Å². The average Bonchev–Trinajstić information content (AvgIpc) is 3.02. The lowest BCUT2D eigenvalue weighted by molar-refractivity contribution is -0.141. The molecular weight excluding hydrogens is 483 g/mol. The van der Waals surface area contributed by atoms with Gasteiger partial charge in [0.15, 0.2) is 5.78 Å². The summed E-state index contributed by atoms with van der Waals surface area (Å²) in [5.74, 6) is 0.562. The zero-order valence-corrected chi connectivity index (χ0v) is 21.6. The molecule has 0 spiro atoms. The first kappa shape index (κ1) is 27.0. The van der Waals surface area contributed by atoms with E-state index in [4.69, 9.17) is 0 Å². The van der Waals surface area contributed by atoms with Gasteiger partial charge < -0.3 is 9.80 Å². The Morgan fingerprint density at radius 3 is 2.38 bits per heavy atom. The number of carbonyl (C=O) groups is 2. The predicted octanol–water partition coefficient (Wildman–Crippen LogP) is 4.70. The molecular formula is C27H34F3N5O2. The summed E-state index contributed by atoms with van der Waals surface area (Å²) in [6, 6.07) is 8.31. The normalized spacial score (nSPS) is 17.5. The van der Waals surface area contributed by atoms with E-state index in [1.54, 1.807) is 31.7 Å². The van der Waals surface area contributed by atoms with Crippen molar-refractivity contribution < 1.29 is 22.8 Å². The molecule has 0 bridgehead atoms. The maximum absolute atomic E-state index is 13.5. The van der Waals surface area contributed by atoms with Crippen LogP contribution in [0.25, 0.3) is 0 Å². The van der Waals surface area contributed by atoms with Gasteiger partial charge >= 0.3 is 6.18 Å². The Morgan fingerprint density at radius 1 is 1.00 bits per heavy atom. The SMILES string of the molecule is CC(C)(C)c1nc(N2CCN(CCCC(=O)N3CCCC(=O)c4ccccc43)CC2)cc(C(F)(F)F)n1. The molecule has 2 aliphatic heterocycles. The van der Waals surface area contributed by atoms with E-state index in [0.29, 0.717) is 75.5 Å². The predicted molar refractivity (Wildman–Crippen MR) is 136 cm³/mol. The fraction of sp³-hybridized carbons (Fsp3) is 0.556. The van der Waals surface area contributed by atoms with E-state index >= 15 is 0 Å². The molecule has 0 aliphatic carbocycles. The number of para-hydroxylation sites is 1. The Hall–Kier alpha value is -3.01. The molecule has 0 atom stereocenters. The summed E-state index contributed by atoms with van der Waals surface area (Å²) < 4.78 is 40.4. The molecule has 2 aliphatic rings. The van der Waals surface area contributed by atoms with Gasteiger partial charge in [-0.15, -0.1) is 0 Å². The maximum Gasteiger partial charge on any atom is 0.433 e. The Labute approximate surface area is 215 Å². The first-order chi connectivity index (χ1) is 17.4. The standard InChI is InChI=1S/C27H34F3N5O2/c1-26(2,3)25-31-22(27(28,29)30)18-23(32-25)34-16-14-33(15-17-34)12-7-11-24(37)35-13-6-10-21(36)19-8-4-5-9-20(19)35/h4-5,8-9,18H,6-7,10-17H2,1-3H3. The van der Waals surface area contributed by atoms with E-state index in [1.165, 1.54) is 0 Å². The Bertz CT molecular complexity index is 1110. The number of rotatable bonds is 5. The van der Waals surface area contributed by atoms with Crippen LogP contribution in [0.1, 0.15) is 68.3 Å². The van der Waals surface area contributed by atoms with E-state index in [-0.39, 0.29) is 17.5 Å². The number of halogens is 3. The van der Waals surface area contributed by atoms with E-state index in [0.717, 1.165) is 12.6 Å². The molecule has 1 fully saturated rings. The van der Waals surface area contributed by atoms with Crippen LogP contribution in [0.3, 0.4) is 0 Å². The largest absolute Gasteiger partial charge is 0.433 e. The summed E-state index contributed by atoms with van der Waals surface area (Å²) in [5, 5.41) is 0. The quantitative estimate of drug-likeness (QED) is 0.573. The molecule has 200 valence electrons. The number of ketones is 1. The third kappa shape index (κ3) is 6.47. The van der Waals surface area contributed by atoms with Gasteiger partial charge in [0.1, 0.15) is 17.3 Å². The molecule has 0 radical (unpaired) electrons. The molecule has 10 heteroatoms. The summed E-state index contributed by atoms with van der Waals surface area (Å²) in [4.78, 5) is 39.4. The number of carbonyl (C=O) groups excluding carboxylic acids is 2. The number of nitrogens with zero attached hydrogens (tertiary/aromatic N) is 5. The Balaban J connectivity index is 1.32. The van der Waals surface area contributed by atoms with Gasteiger partial charge in [-0.1, -0.05) is 32.9 Å². The molecule has 0 saturated carbocycles. The number of hydrogen-bond donors (Lipinski definition) is 0. The lowest BCUT2D eigenvalue weighted by Gasteiger charge is -2.36. The lowest BCUT2D eigenvalue weighted by atomic mass is 9.95. The molecule has 0 unspecified atom stereocenters. The van der Waals surface area contributed by atoms with Crippen LogP contribution in [0, 0.1) is 0 Å². The Morgan fingerprint density at radius 2 is 1.70 bits per heavy atom. The molecule has 3 heterocycles. The van der Waals surface area contributed by atoms with Crippen molar-refractivity contribution in [3.05, 3.63) is 47.4 Å². The van der Waals surface area contributed by atoms with Crippen molar-refractivity contribution in [1.82, 2.24) is 14.9 Å². The summed E-state index contributed by atoms with van der Waals surface area (Å²) in [5.41, 5.74) is -0.218. The number of aromatic nitrogens is 2. The number of benzene rings is 1. The fourth-order valence-corrected chi connectivity index (χ4v) is 4.72. The Kier molecular flexibility index (Phi) is 7.87. The van der Waals surface area contributed by atoms with Crippen molar-refractivity contribution in [2.75, 3.05) is 49.1 Å². The number of Topliss-reactive ketones (excluding diaryl/α,β-unsaturated/α-hetero) is 1. The van der Waals surface area contributed by atoms with Crippen LogP contribution in [0.4, 0.5) is 24.7 Å². The minimum Gasteiger partial charge on any atom is -0.354 e. The highest BCUT2D eigenvalue weighted by Gasteiger charge is 2.36. The number of anilines is 2. The van der Waals surface area contributed by atoms with E-state index < -0.39 is 17.3 Å². The maximum atomic E-state index is 13.5. The van der Waals surface area contributed by atoms with Gasteiger partial charge in [0.2, 0.25) is 5.91 Å². The molecule has 1 amide bonds. The summed E-state index contributed by atoms with van der Waals surface area (Å²) >= 11 is 0. The number of alkyl halides is 3. The van der Waals surface area contributed by atoms with Crippen LogP contribution in [0.2, 0.25) is 0 Å². The minimum atomic E-state index is -4.53. The van der Waals surface area contributed by atoms with Gasteiger partial charge in [0.05, 0.1) is 5.69 Å². The first-order valence-electron chi connectivity index (χ1n) is 12.8. The topological polar surface area (TPSA) is 69.6 Å². The van der Waals surface area contributed by atoms with E-state index in [2.05, 4.69) is 14.9 Å². The number of hydrogen-bond acceptors (Lipinski definition) is 6. The summed E-state index contributed by atoms with van der Waals surface area (Å²) in [6.07, 6.45) is -2.40. The fourth-order valence-electron chi connectivity index (χ4n) is 4.72. The van der Waals surface area contributed by atoms with Gasteiger partial charge in [-0.05, 0) is 31.5 Å². The molecule has 7 nitrogen and oxygen atoms in total. The second kappa shape index (κ2) is 10.8. The smallest absolute Gasteiger partial charge is 0.354 e. The van der Waals surface area contributed by atoms with Crippen LogP contribution in [-0.4, -0.2) is 65.8 Å². The summed E-state index contributed by atoms with van der Waals surface area (Å²) in [6.45, 7) is 9.10.